The molecule has 0 saturated carbocycles. The van der Waals surface area contributed by atoms with Crippen molar-refractivity contribution in [1.82, 2.24) is 0 Å². The molecule has 2 aromatic rings. The molecule has 94 valence electrons. The highest BCUT2D eigenvalue weighted by Gasteiger charge is 2.17. The van der Waals surface area contributed by atoms with Crippen LogP contribution in [0.15, 0.2) is 36.4 Å². The Labute approximate surface area is 103 Å². The Kier molecular flexibility index (Phi) is 3.39. The largest absolute Gasteiger partial charge is 0.320 e. The molecule has 0 saturated heterocycles. The summed E-state index contributed by atoms with van der Waals surface area (Å²) in [7, 11) is 0. The van der Waals surface area contributed by atoms with Crippen molar-refractivity contribution in [3.8, 4) is 0 Å². The van der Waals surface area contributed by atoms with Crippen molar-refractivity contribution in [2.75, 3.05) is 0 Å². The normalized spacial score (nSPS) is 12.5. The predicted molar refractivity (Wildman–Crippen MR) is 63.5 cm³/mol. The van der Waals surface area contributed by atoms with E-state index in [9.17, 15) is 13.2 Å². The lowest BCUT2D eigenvalue weighted by atomic mass is 9.97. The Bertz CT molecular complexity index is 581. The maximum atomic E-state index is 13.6. The van der Waals surface area contributed by atoms with Crippen LogP contribution in [0.25, 0.3) is 0 Å². The molecule has 0 aliphatic rings. The monoisotopic (exact) mass is 251 g/mol. The van der Waals surface area contributed by atoms with E-state index in [0.29, 0.717) is 0 Å². The summed E-state index contributed by atoms with van der Waals surface area (Å²) < 4.78 is 40.0. The van der Waals surface area contributed by atoms with E-state index in [4.69, 9.17) is 5.73 Å². The maximum Gasteiger partial charge on any atom is 0.131 e. The highest BCUT2D eigenvalue weighted by molar-refractivity contribution is 5.35. The first kappa shape index (κ1) is 12.6. The Morgan fingerprint density at radius 1 is 0.889 bits per heavy atom. The average molecular weight is 251 g/mol. The molecule has 0 spiro atoms. The number of halogens is 3. The van der Waals surface area contributed by atoms with Crippen LogP contribution in [0.4, 0.5) is 13.2 Å². The summed E-state index contributed by atoms with van der Waals surface area (Å²) in [6.45, 7) is 1.79. The van der Waals surface area contributed by atoms with Gasteiger partial charge in [0.25, 0.3) is 0 Å². The maximum absolute atomic E-state index is 13.6. The standard InChI is InChI=1S/C14H12F3N/c1-8-2-5-12(16)11(6-8)14(18)10-4-3-9(15)7-13(10)17/h2-7,14H,18H2,1H3. The van der Waals surface area contributed by atoms with Crippen molar-refractivity contribution < 1.29 is 13.2 Å². The van der Waals surface area contributed by atoms with Gasteiger partial charge in [0, 0.05) is 17.2 Å². The predicted octanol–water partition coefficient (Wildman–Crippen LogP) is 3.46. The molecule has 0 heterocycles. The van der Waals surface area contributed by atoms with Gasteiger partial charge in [-0.15, -0.1) is 0 Å². The summed E-state index contributed by atoms with van der Waals surface area (Å²) in [6.07, 6.45) is 0. The zero-order valence-electron chi connectivity index (χ0n) is 9.75. The molecule has 0 fully saturated rings. The summed E-state index contributed by atoms with van der Waals surface area (Å²) in [4.78, 5) is 0. The lowest BCUT2D eigenvalue weighted by Crippen LogP contribution is -2.15. The second kappa shape index (κ2) is 4.82. The molecule has 0 aromatic heterocycles. The van der Waals surface area contributed by atoms with Crippen LogP contribution in [0.5, 0.6) is 0 Å². The zero-order valence-corrected chi connectivity index (χ0v) is 9.75. The van der Waals surface area contributed by atoms with Gasteiger partial charge < -0.3 is 5.73 Å². The number of nitrogens with two attached hydrogens (primary N) is 1. The van der Waals surface area contributed by atoms with Gasteiger partial charge >= 0.3 is 0 Å². The van der Waals surface area contributed by atoms with Gasteiger partial charge in [0.05, 0.1) is 6.04 Å². The Balaban J connectivity index is 2.47. The first-order valence-electron chi connectivity index (χ1n) is 5.45. The van der Waals surface area contributed by atoms with Crippen LogP contribution in [0.3, 0.4) is 0 Å². The van der Waals surface area contributed by atoms with E-state index in [1.165, 1.54) is 12.1 Å². The van der Waals surface area contributed by atoms with Crippen LogP contribution in [0.1, 0.15) is 22.7 Å². The van der Waals surface area contributed by atoms with Crippen LogP contribution in [0.2, 0.25) is 0 Å². The van der Waals surface area contributed by atoms with Gasteiger partial charge in [0.1, 0.15) is 17.5 Å². The number of rotatable bonds is 2. The molecule has 0 bridgehead atoms. The van der Waals surface area contributed by atoms with Gasteiger partial charge in [-0.25, -0.2) is 13.2 Å². The van der Waals surface area contributed by atoms with Crippen molar-refractivity contribution in [2.45, 2.75) is 13.0 Å². The molecule has 0 radical (unpaired) electrons. The lowest BCUT2D eigenvalue weighted by molar-refractivity contribution is 0.556. The van der Waals surface area contributed by atoms with Gasteiger partial charge in [-0.2, -0.15) is 0 Å². The van der Waals surface area contributed by atoms with Crippen LogP contribution < -0.4 is 5.73 Å². The van der Waals surface area contributed by atoms with Gasteiger partial charge in [-0.05, 0) is 19.1 Å². The van der Waals surface area contributed by atoms with Gasteiger partial charge in [0.15, 0.2) is 0 Å². The van der Waals surface area contributed by atoms with Crippen molar-refractivity contribution >= 4 is 0 Å². The van der Waals surface area contributed by atoms with E-state index in [0.717, 1.165) is 17.7 Å². The molecule has 1 atom stereocenters. The van der Waals surface area contributed by atoms with Crippen LogP contribution >= 0.6 is 0 Å². The minimum atomic E-state index is -0.953. The first-order valence-corrected chi connectivity index (χ1v) is 5.45. The molecule has 1 nitrogen and oxygen atoms in total. The third-order valence-corrected chi connectivity index (χ3v) is 2.78. The minimum absolute atomic E-state index is 0.0703. The van der Waals surface area contributed by atoms with Gasteiger partial charge in [0.2, 0.25) is 0 Å². The summed E-state index contributed by atoms with van der Waals surface area (Å²) in [5, 5.41) is 0. The van der Waals surface area contributed by atoms with E-state index < -0.39 is 23.5 Å². The quantitative estimate of drug-likeness (QED) is 0.869. The van der Waals surface area contributed by atoms with Crippen molar-refractivity contribution in [2.24, 2.45) is 5.73 Å². The fourth-order valence-corrected chi connectivity index (χ4v) is 1.82. The zero-order chi connectivity index (χ0) is 13.3. The number of hydrogen-bond donors (Lipinski definition) is 1. The molecule has 0 amide bonds. The summed E-state index contributed by atoms with van der Waals surface area (Å²) in [5.41, 5.74) is 6.92. The summed E-state index contributed by atoms with van der Waals surface area (Å²) in [5.74, 6) is -1.96. The molecule has 4 heteroatoms. The second-order valence-corrected chi connectivity index (χ2v) is 4.17. The molecule has 0 aliphatic heterocycles. The third-order valence-electron chi connectivity index (χ3n) is 2.78. The number of hydrogen-bond acceptors (Lipinski definition) is 1. The van der Waals surface area contributed by atoms with E-state index in [1.807, 2.05) is 0 Å². The van der Waals surface area contributed by atoms with E-state index in [2.05, 4.69) is 0 Å². The smallest absolute Gasteiger partial charge is 0.131 e. The summed E-state index contributed by atoms with van der Waals surface area (Å²) >= 11 is 0. The van der Waals surface area contributed by atoms with E-state index in [1.54, 1.807) is 19.1 Å². The fourth-order valence-electron chi connectivity index (χ4n) is 1.82. The lowest BCUT2D eigenvalue weighted by Gasteiger charge is -2.15. The third kappa shape index (κ3) is 2.38. The molecule has 0 aliphatic carbocycles. The summed E-state index contributed by atoms with van der Waals surface area (Å²) in [6, 6.07) is 6.57. The minimum Gasteiger partial charge on any atom is -0.320 e. The Morgan fingerprint density at radius 3 is 2.28 bits per heavy atom. The van der Waals surface area contributed by atoms with Crippen LogP contribution in [-0.2, 0) is 0 Å². The molecular weight excluding hydrogens is 239 g/mol. The Hall–Kier alpha value is -1.81. The number of aryl methyl sites for hydroxylation is 1. The second-order valence-electron chi connectivity index (χ2n) is 4.17. The van der Waals surface area contributed by atoms with Gasteiger partial charge in [-0.3, -0.25) is 0 Å². The topological polar surface area (TPSA) is 26.0 Å². The van der Waals surface area contributed by atoms with Crippen LogP contribution in [-0.4, -0.2) is 0 Å². The van der Waals surface area contributed by atoms with E-state index in [-0.39, 0.29) is 11.1 Å². The highest BCUT2D eigenvalue weighted by Crippen LogP contribution is 2.25. The average Bonchev–Trinajstić information content (AvgIpc) is 2.31. The van der Waals surface area contributed by atoms with Crippen molar-refractivity contribution in [1.29, 1.82) is 0 Å². The first-order chi connectivity index (χ1) is 8.49. The number of benzene rings is 2. The van der Waals surface area contributed by atoms with Crippen molar-refractivity contribution in [3.05, 3.63) is 70.5 Å². The van der Waals surface area contributed by atoms with Crippen LogP contribution in [0, 0.1) is 24.4 Å². The SMILES string of the molecule is Cc1ccc(F)c(C(N)c2ccc(F)cc2F)c1. The molecule has 2 N–H and O–H groups in total. The molecule has 1 unspecified atom stereocenters. The molecule has 2 rings (SSSR count). The van der Waals surface area contributed by atoms with E-state index >= 15 is 0 Å². The highest BCUT2D eigenvalue weighted by atomic mass is 19.1. The van der Waals surface area contributed by atoms with Crippen molar-refractivity contribution in [3.63, 3.8) is 0 Å². The Morgan fingerprint density at radius 2 is 1.61 bits per heavy atom. The fraction of sp³-hybridized carbons (Fsp3) is 0.143. The van der Waals surface area contributed by atoms with Gasteiger partial charge in [-0.1, -0.05) is 23.8 Å². The molecule has 2 aromatic carbocycles. The molecular formula is C14H12F3N. The molecule has 18 heavy (non-hydrogen) atoms.